The van der Waals surface area contributed by atoms with Crippen LogP contribution in [0.2, 0.25) is 0 Å². The van der Waals surface area contributed by atoms with E-state index < -0.39 is 12.6 Å². The Kier molecular flexibility index (Phi) is 4.62. The number of nitrogens with one attached hydrogen (secondary N) is 1. The van der Waals surface area contributed by atoms with Crippen LogP contribution in [0.4, 0.5) is 4.39 Å². The lowest BCUT2D eigenvalue weighted by Gasteiger charge is -2.18. The maximum Gasteiger partial charge on any atom is 0.251 e. The first-order valence-corrected chi connectivity index (χ1v) is 7.51. The highest BCUT2D eigenvalue weighted by Crippen LogP contribution is 2.19. The van der Waals surface area contributed by atoms with Gasteiger partial charge in [-0.3, -0.25) is 9.78 Å². The Balaban J connectivity index is 1.88. The van der Waals surface area contributed by atoms with Crippen molar-refractivity contribution in [2.75, 3.05) is 6.67 Å². The second-order valence-corrected chi connectivity index (χ2v) is 5.36. The third-order valence-electron chi connectivity index (χ3n) is 3.73. The number of aromatic nitrogens is 1. The molecule has 0 radical (unpaired) electrons. The van der Waals surface area contributed by atoms with E-state index in [1.54, 1.807) is 0 Å². The van der Waals surface area contributed by atoms with Gasteiger partial charge in [0.2, 0.25) is 0 Å². The molecule has 2 aromatic carbocycles. The molecular weight excluding hydrogens is 291 g/mol. The summed E-state index contributed by atoms with van der Waals surface area (Å²) in [5, 5.41) is 3.80. The van der Waals surface area contributed by atoms with Crippen molar-refractivity contribution in [1.82, 2.24) is 10.3 Å². The van der Waals surface area contributed by atoms with Gasteiger partial charge in [0.15, 0.2) is 6.67 Å². The van der Waals surface area contributed by atoms with Gasteiger partial charge >= 0.3 is 0 Å². The third-order valence-corrected chi connectivity index (χ3v) is 3.73. The van der Waals surface area contributed by atoms with E-state index in [0.717, 1.165) is 22.2 Å². The number of rotatable bonds is 5. The number of halogens is 1. The first-order chi connectivity index (χ1) is 11.3. The van der Waals surface area contributed by atoms with Crippen molar-refractivity contribution >= 4 is 16.8 Å². The summed E-state index contributed by atoms with van der Waals surface area (Å²) in [4.78, 5) is 16.1. The number of fused-ring (bicyclic) bond motifs is 1. The van der Waals surface area contributed by atoms with Gasteiger partial charge in [0, 0.05) is 17.5 Å². The number of alkyl halides is 1. The van der Waals surface area contributed by atoms with E-state index in [1.807, 2.05) is 66.7 Å². The van der Waals surface area contributed by atoms with Gasteiger partial charge in [-0.25, -0.2) is 4.39 Å². The normalized spacial score (nSPS) is 12.0. The van der Waals surface area contributed by atoms with Crippen LogP contribution >= 0.6 is 0 Å². The lowest BCUT2D eigenvalue weighted by molar-refractivity contribution is -0.122. The molecule has 0 saturated heterocycles. The molecule has 0 bridgehead atoms. The molecule has 0 saturated carbocycles. The van der Waals surface area contributed by atoms with E-state index >= 15 is 0 Å². The monoisotopic (exact) mass is 308 g/mol. The van der Waals surface area contributed by atoms with Gasteiger partial charge in [-0.2, -0.15) is 0 Å². The topological polar surface area (TPSA) is 42.0 Å². The Labute approximate surface area is 134 Å². The van der Waals surface area contributed by atoms with Crippen molar-refractivity contribution in [2.45, 2.75) is 12.5 Å². The van der Waals surface area contributed by atoms with E-state index in [2.05, 4.69) is 10.3 Å². The summed E-state index contributed by atoms with van der Waals surface area (Å²) < 4.78 is 12.6. The van der Waals surface area contributed by atoms with Crippen molar-refractivity contribution in [3.8, 4) is 0 Å². The van der Waals surface area contributed by atoms with E-state index in [9.17, 15) is 9.18 Å². The predicted molar refractivity (Wildman–Crippen MR) is 88.7 cm³/mol. The minimum atomic E-state index is -1.02. The Morgan fingerprint density at radius 3 is 2.52 bits per heavy atom. The van der Waals surface area contributed by atoms with Crippen LogP contribution in [0.15, 0.2) is 66.7 Å². The average Bonchev–Trinajstić information content (AvgIpc) is 2.61. The molecule has 3 aromatic rings. The Hall–Kier alpha value is -2.75. The molecule has 0 spiro atoms. The van der Waals surface area contributed by atoms with Gasteiger partial charge < -0.3 is 5.32 Å². The number of benzene rings is 2. The van der Waals surface area contributed by atoms with Crippen LogP contribution in [0.25, 0.3) is 10.9 Å². The molecule has 0 unspecified atom stereocenters. The van der Waals surface area contributed by atoms with Crippen molar-refractivity contribution in [3.63, 3.8) is 0 Å². The number of pyridine rings is 1. The van der Waals surface area contributed by atoms with Crippen LogP contribution in [-0.2, 0) is 11.2 Å². The second kappa shape index (κ2) is 7.01. The lowest BCUT2D eigenvalue weighted by atomic mass is 10.0. The first kappa shape index (κ1) is 15.2. The molecule has 0 fully saturated rings. The number of carbonyl (C=O) groups is 1. The number of amides is 1. The quantitative estimate of drug-likeness (QED) is 0.782. The number of hydrogen-bond acceptors (Lipinski definition) is 2. The van der Waals surface area contributed by atoms with Crippen molar-refractivity contribution in [1.29, 1.82) is 0 Å². The maximum atomic E-state index is 12.6. The van der Waals surface area contributed by atoms with Crippen LogP contribution in [0.5, 0.6) is 0 Å². The fourth-order valence-corrected chi connectivity index (χ4v) is 2.60. The van der Waals surface area contributed by atoms with E-state index in [4.69, 9.17) is 0 Å². The van der Waals surface area contributed by atoms with Crippen LogP contribution in [0, 0.1) is 0 Å². The summed E-state index contributed by atoms with van der Waals surface area (Å²) >= 11 is 0. The van der Waals surface area contributed by atoms with Crippen LogP contribution in [-0.4, -0.2) is 17.6 Å². The largest absolute Gasteiger partial charge is 0.347 e. The van der Waals surface area contributed by atoms with Crippen LogP contribution < -0.4 is 5.32 Å². The standard InChI is InChI=1S/C19H17FN2O/c20-13-19(23)22-18(14-6-2-1-3-7-14)12-16-11-10-15-8-4-5-9-17(15)21-16/h1-11,18H,12-13H2,(H,22,23)/t18-/m1/s1. The molecule has 0 aliphatic heterocycles. The number of carbonyl (C=O) groups excluding carboxylic acids is 1. The van der Waals surface area contributed by atoms with Gasteiger partial charge in [0.25, 0.3) is 5.91 Å². The van der Waals surface area contributed by atoms with Gasteiger partial charge in [0.1, 0.15) is 0 Å². The average molecular weight is 308 g/mol. The molecule has 116 valence electrons. The minimum absolute atomic E-state index is 0.298. The number of nitrogens with zero attached hydrogens (tertiary/aromatic N) is 1. The van der Waals surface area contributed by atoms with Gasteiger partial charge in [-0.1, -0.05) is 54.6 Å². The summed E-state index contributed by atoms with van der Waals surface area (Å²) in [7, 11) is 0. The molecule has 1 N–H and O–H groups in total. The minimum Gasteiger partial charge on any atom is -0.347 e. The third kappa shape index (κ3) is 3.72. The zero-order valence-electron chi connectivity index (χ0n) is 12.6. The maximum absolute atomic E-state index is 12.6. The molecule has 1 heterocycles. The Morgan fingerprint density at radius 2 is 1.74 bits per heavy atom. The van der Waals surface area contributed by atoms with Gasteiger partial charge in [-0.15, -0.1) is 0 Å². The molecule has 0 aliphatic rings. The molecule has 4 heteroatoms. The second-order valence-electron chi connectivity index (χ2n) is 5.36. The summed E-state index contributed by atoms with van der Waals surface area (Å²) in [6.07, 6.45) is 0.514. The highest BCUT2D eigenvalue weighted by Gasteiger charge is 2.16. The summed E-state index contributed by atoms with van der Waals surface area (Å²) in [5.74, 6) is -0.611. The first-order valence-electron chi connectivity index (χ1n) is 7.51. The summed E-state index contributed by atoms with van der Waals surface area (Å²) in [6.45, 7) is -1.02. The summed E-state index contributed by atoms with van der Waals surface area (Å²) in [6, 6.07) is 21.1. The SMILES string of the molecule is O=C(CF)N[C@H](Cc1ccc2ccccc2n1)c1ccccc1. The molecule has 3 rings (SSSR count). The highest BCUT2D eigenvalue weighted by molar-refractivity contribution is 5.79. The zero-order chi connectivity index (χ0) is 16.1. The fraction of sp³-hybridized carbons (Fsp3) is 0.158. The predicted octanol–water partition coefficient (Wildman–Crippen LogP) is 3.60. The van der Waals surface area contributed by atoms with E-state index in [-0.39, 0.29) is 6.04 Å². The Bertz CT molecular complexity index is 805. The smallest absolute Gasteiger partial charge is 0.251 e. The number of hydrogen-bond donors (Lipinski definition) is 1. The fourth-order valence-electron chi connectivity index (χ4n) is 2.60. The van der Waals surface area contributed by atoms with Gasteiger partial charge in [-0.05, 0) is 17.7 Å². The molecule has 3 nitrogen and oxygen atoms in total. The summed E-state index contributed by atoms with van der Waals surface area (Å²) in [5.41, 5.74) is 2.70. The number of para-hydroxylation sites is 1. The lowest BCUT2D eigenvalue weighted by Crippen LogP contribution is -2.31. The molecular formula is C19H17FN2O. The van der Waals surface area contributed by atoms with E-state index in [1.165, 1.54) is 0 Å². The molecule has 0 aliphatic carbocycles. The van der Waals surface area contributed by atoms with Crippen LogP contribution in [0.3, 0.4) is 0 Å². The van der Waals surface area contributed by atoms with Crippen molar-refractivity contribution < 1.29 is 9.18 Å². The molecule has 1 amide bonds. The zero-order valence-corrected chi connectivity index (χ0v) is 12.6. The molecule has 1 atom stereocenters. The molecule has 1 aromatic heterocycles. The molecule has 23 heavy (non-hydrogen) atoms. The van der Waals surface area contributed by atoms with Crippen molar-refractivity contribution in [2.24, 2.45) is 0 Å². The van der Waals surface area contributed by atoms with Gasteiger partial charge in [0.05, 0.1) is 11.6 Å². The van der Waals surface area contributed by atoms with Crippen LogP contribution in [0.1, 0.15) is 17.3 Å². The van der Waals surface area contributed by atoms with E-state index in [0.29, 0.717) is 6.42 Å². The van der Waals surface area contributed by atoms with Crippen molar-refractivity contribution in [3.05, 3.63) is 78.0 Å². The Morgan fingerprint density at radius 1 is 1.00 bits per heavy atom. The highest BCUT2D eigenvalue weighted by atomic mass is 19.1.